The summed E-state index contributed by atoms with van der Waals surface area (Å²) in [6.45, 7) is 6.99. The molecular formula is C27H30FN3OS. The Morgan fingerprint density at radius 2 is 1.94 bits per heavy atom. The molecule has 1 saturated heterocycles. The van der Waals surface area contributed by atoms with E-state index < -0.39 is 6.67 Å². The fourth-order valence-corrected chi connectivity index (χ4v) is 5.46. The van der Waals surface area contributed by atoms with Crippen LogP contribution in [0.2, 0.25) is 0 Å². The van der Waals surface area contributed by atoms with Gasteiger partial charge in [0.25, 0.3) is 0 Å². The maximum Gasteiger partial charge on any atom is 0.217 e. The van der Waals surface area contributed by atoms with Gasteiger partial charge in [-0.2, -0.15) is 0 Å². The Morgan fingerprint density at radius 1 is 1.15 bits per heavy atom. The molecule has 1 amide bonds. The molecule has 6 heteroatoms. The third kappa shape index (κ3) is 5.56. The van der Waals surface area contributed by atoms with Crippen molar-refractivity contribution < 1.29 is 9.18 Å². The molecule has 0 bridgehead atoms. The molecular weight excluding hydrogens is 433 g/mol. The Morgan fingerprint density at radius 3 is 2.70 bits per heavy atom. The summed E-state index contributed by atoms with van der Waals surface area (Å²) < 4.78 is 14.0. The average Bonchev–Trinajstić information content (AvgIpc) is 3.27. The van der Waals surface area contributed by atoms with Crippen LogP contribution in [0.15, 0.2) is 70.6 Å². The summed E-state index contributed by atoms with van der Waals surface area (Å²) in [5.41, 5.74) is 3.96. The van der Waals surface area contributed by atoms with Gasteiger partial charge in [0, 0.05) is 42.0 Å². The van der Waals surface area contributed by atoms with Crippen LogP contribution in [0.5, 0.6) is 0 Å². The first-order valence-electron chi connectivity index (χ1n) is 11.4. The van der Waals surface area contributed by atoms with E-state index in [0.29, 0.717) is 11.5 Å². The zero-order valence-electron chi connectivity index (χ0n) is 19.3. The third-order valence-electron chi connectivity index (χ3n) is 5.96. The van der Waals surface area contributed by atoms with Gasteiger partial charge in [-0.1, -0.05) is 49.9 Å². The van der Waals surface area contributed by atoms with Crippen LogP contribution < -0.4 is 10.2 Å². The minimum absolute atomic E-state index is 0.00344. The van der Waals surface area contributed by atoms with Gasteiger partial charge in [0.15, 0.2) is 0 Å². The maximum absolute atomic E-state index is 14.0. The highest BCUT2D eigenvalue weighted by atomic mass is 32.2. The monoisotopic (exact) mass is 463 g/mol. The number of pyridine rings is 1. The number of carbonyl (C=O) groups is 1. The molecule has 0 aliphatic carbocycles. The van der Waals surface area contributed by atoms with Crippen LogP contribution in [-0.2, 0) is 11.5 Å². The Labute approximate surface area is 199 Å². The lowest BCUT2D eigenvalue weighted by atomic mass is 10.0. The molecule has 1 aromatic heterocycles. The highest BCUT2D eigenvalue weighted by Gasteiger charge is 2.24. The summed E-state index contributed by atoms with van der Waals surface area (Å²) >= 11 is 1.63. The van der Waals surface area contributed by atoms with Crippen LogP contribution in [0.3, 0.4) is 0 Å². The zero-order chi connectivity index (χ0) is 23.4. The Kier molecular flexibility index (Phi) is 7.33. The van der Waals surface area contributed by atoms with E-state index in [1.807, 2.05) is 30.3 Å². The van der Waals surface area contributed by atoms with Crippen molar-refractivity contribution in [1.82, 2.24) is 10.3 Å². The number of nitrogens with zero attached hydrogens (tertiary/aromatic N) is 2. The number of anilines is 1. The zero-order valence-corrected chi connectivity index (χ0v) is 20.2. The number of rotatable bonds is 7. The van der Waals surface area contributed by atoms with E-state index >= 15 is 0 Å². The fourth-order valence-electron chi connectivity index (χ4n) is 4.28. The molecule has 1 unspecified atom stereocenters. The maximum atomic E-state index is 14.0. The van der Waals surface area contributed by atoms with Crippen molar-refractivity contribution in [3.05, 3.63) is 71.9 Å². The van der Waals surface area contributed by atoms with Gasteiger partial charge in [0.05, 0.1) is 0 Å². The number of hydrogen-bond acceptors (Lipinski definition) is 4. The van der Waals surface area contributed by atoms with E-state index in [9.17, 15) is 9.18 Å². The Balaban J connectivity index is 1.56. The van der Waals surface area contributed by atoms with Crippen LogP contribution in [0.4, 0.5) is 10.2 Å². The van der Waals surface area contributed by atoms with Crippen LogP contribution in [0.1, 0.15) is 44.2 Å². The van der Waals surface area contributed by atoms with E-state index in [4.69, 9.17) is 0 Å². The van der Waals surface area contributed by atoms with E-state index in [-0.39, 0.29) is 11.9 Å². The molecule has 2 aromatic carbocycles. The number of benzene rings is 2. The molecule has 1 fully saturated rings. The van der Waals surface area contributed by atoms with Crippen molar-refractivity contribution in [2.24, 2.45) is 0 Å². The molecule has 172 valence electrons. The topological polar surface area (TPSA) is 45.2 Å². The molecule has 1 atom stereocenters. The van der Waals surface area contributed by atoms with Crippen LogP contribution >= 0.6 is 11.8 Å². The molecule has 4 rings (SSSR count). The predicted molar refractivity (Wildman–Crippen MR) is 134 cm³/mol. The molecule has 33 heavy (non-hydrogen) atoms. The summed E-state index contributed by atoms with van der Waals surface area (Å²) in [6, 6.07) is 18.5. The van der Waals surface area contributed by atoms with E-state index in [2.05, 4.69) is 53.3 Å². The summed E-state index contributed by atoms with van der Waals surface area (Å²) in [5, 5.41) is 2.99. The lowest BCUT2D eigenvalue weighted by Crippen LogP contribution is -2.35. The number of hydrogen-bond donors (Lipinski definition) is 1. The number of nitrogens with one attached hydrogen (secondary N) is 1. The minimum atomic E-state index is -0.511. The van der Waals surface area contributed by atoms with Crippen molar-refractivity contribution in [2.45, 2.75) is 55.6 Å². The number of carbonyl (C=O) groups excluding carboxylic acids is 1. The van der Waals surface area contributed by atoms with Crippen LogP contribution in [0, 0.1) is 0 Å². The van der Waals surface area contributed by atoms with Gasteiger partial charge < -0.3 is 10.2 Å². The molecule has 0 spiro atoms. The first kappa shape index (κ1) is 23.3. The minimum Gasteiger partial charge on any atom is -0.354 e. The lowest BCUT2D eigenvalue weighted by Gasteiger charge is -2.19. The molecule has 1 N–H and O–H groups in total. The van der Waals surface area contributed by atoms with E-state index in [1.165, 1.54) is 10.5 Å². The summed E-state index contributed by atoms with van der Waals surface area (Å²) in [6.07, 6.45) is 2.70. The normalized spacial score (nSPS) is 15.8. The predicted octanol–water partition coefficient (Wildman–Crippen LogP) is 6.21. The number of halogens is 1. The summed E-state index contributed by atoms with van der Waals surface area (Å²) in [5.74, 6) is 1.29. The fraction of sp³-hybridized carbons (Fsp3) is 0.333. The molecule has 3 aromatic rings. The second-order valence-corrected chi connectivity index (χ2v) is 9.87. The molecule has 0 saturated carbocycles. The van der Waals surface area contributed by atoms with Gasteiger partial charge in [-0.05, 0) is 64.9 Å². The van der Waals surface area contributed by atoms with Gasteiger partial charge in [-0.3, -0.25) is 4.79 Å². The van der Waals surface area contributed by atoms with Crippen molar-refractivity contribution in [2.75, 3.05) is 18.0 Å². The third-order valence-corrected chi connectivity index (χ3v) is 7.17. The van der Waals surface area contributed by atoms with Crippen molar-refractivity contribution >= 4 is 23.5 Å². The summed E-state index contributed by atoms with van der Waals surface area (Å²) in [7, 11) is 0. The second-order valence-electron chi connectivity index (χ2n) is 8.79. The largest absolute Gasteiger partial charge is 0.354 e. The molecule has 2 heterocycles. The number of amides is 1. The van der Waals surface area contributed by atoms with Gasteiger partial charge in [0.1, 0.15) is 12.5 Å². The van der Waals surface area contributed by atoms with Crippen molar-refractivity contribution in [1.29, 1.82) is 0 Å². The van der Waals surface area contributed by atoms with Crippen molar-refractivity contribution in [3.8, 4) is 11.1 Å². The van der Waals surface area contributed by atoms with E-state index in [1.54, 1.807) is 24.9 Å². The Bertz CT molecular complexity index is 1130. The van der Waals surface area contributed by atoms with Gasteiger partial charge in [-0.25, -0.2) is 9.37 Å². The van der Waals surface area contributed by atoms with Crippen molar-refractivity contribution in [3.63, 3.8) is 0 Å². The molecule has 4 nitrogen and oxygen atoms in total. The highest BCUT2D eigenvalue weighted by molar-refractivity contribution is 7.99. The summed E-state index contributed by atoms with van der Waals surface area (Å²) in [4.78, 5) is 20.2. The van der Waals surface area contributed by atoms with Gasteiger partial charge >= 0.3 is 0 Å². The quantitative estimate of drug-likeness (QED) is 0.453. The number of alkyl halides is 1. The van der Waals surface area contributed by atoms with Gasteiger partial charge in [-0.15, -0.1) is 0 Å². The molecule has 1 aliphatic rings. The molecule has 1 aliphatic heterocycles. The SMILES string of the molecule is CC(=O)NC1CCN(c2cc(-c3ccc(Sc4ccccc4C(C)C)c(CF)c3)ccn2)C1. The number of aromatic nitrogens is 1. The lowest BCUT2D eigenvalue weighted by molar-refractivity contribution is -0.119. The second kappa shape index (κ2) is 10.4. The highest BCUT2D eigenvalue weighted by Crippen LogP contribution is 2.37. The Hall–Kier alpha value is -2.86. The van der Waals surface area contributed by atoms with Gasteiger partial charge in [0.2, 0.25) is 5.91 Å². The van der Waals surface area contributed by atoms with Crippen LogP contribution in [-0.4, -0.2) is 30.0 Å². The first-order chi connectivity index (χ1) is 15.9. The first-order valence-corrected chi connectivity index (χ1v) is 12.2. The smallest absolute Gasteiger partial charge is 0.217 e. The standard InChI is InChI=1S/C27H30FN3OS/c1-18(2)24-6-4-5-7-26(24)33-25-9-8-20(14-22(25)16-28)21-10-12-29-27(15-21)31-13-11-23(17-31)30-19(3)32/h4-10,12,14-15,18,23H,11,13,16-17H2,1-3H3,(H,30,32). The molecule has 0 radical (unpaired) electrons. The van der Waals surface area contributed by atoms with Crippen LogP contribution in [0.25, 0.3) is 11.1 Å². The average molecular weight is 464 g/mol. The van der Waals surface area contributed by atoms with E-state index in [0.717, 1.165) is 41.4 Å².